The molecule has 71 heavy (non-hydrogen) atoms. The van der Waals surface area contributed by atoms with Crippen LogP contribution >= 0.6 is 32.3 Å². The van der Waals surface area contributed by atoms with Gasteiger partial charge in [0.15, 0.2) is 32.3 Å². The van der Waals surface area contributed by atoms with Gasteiger partial charge >= 0.3 is 21.1 Å². The summed E-state index contributed by atoms with van der Waals surface area (Å²) in [6, 6.07) is 107. The summed E-state index contributed by atoms with van der Waals surface area (Å²) in [5, 5.41) is 30.7. The van der Waals surface area contributed by atoms with E-state index in [1.165, 1.54) is 42.4 Å². The van der Waals surface area contributed by atoms with Crippen molar-refractivity contribution in [3.05, 3.63) is 302 Å². The number of hydrogen-bond acceptors (Lipinski definition) is 4. The van der Waals surface area contributed by atoms with E-state index in [1.807, 2.05) is 36.4 Å². The number of nitriles is 2. The van der Waals surface area contributed by atoms with Crippen LogP contribution in [0.15, 0.2) is 291 Å². The summed E-state index contributed by atoms with van der Waals surface area (Å²) < 4.78 is 5.23. The quantitative estimate of drug-likeness (QED) is 0.102. The van der Waals surface area contributed by atoms with Crippen molar-refractivity contribution in [3.8, 4) is 12.1 Å². The summed E-state index contributed by atoms with van der Waals surface area (Å²) in [4.78, 5) is 0. The molecule has 0 bridgehead atoms. The molecule has 0 saturated heterocycles. The molecule has 0 N–H and O–H groups in total. The van der Waals surface area contributed by atoms with E-state index in [9.17, 15) is 10.5 Å². The van der Waals surface area contributed by atoms with E-state index in [4.69, 9.17) is 0 Å². The summed E-state index contributed by atoms with van der Waals surface area (Å²) in [7, 11) is -5.95. The van der Waals surface area contributed by atoms with E-state index < -0.39 is 32.3 Å². The molecule has 344 valence electrons. The van der Waals surface area contributed by atoms with Crippen LogP contribution in [0.1, 0.15) is 11.1 Å². The second-order valence-corrected chi connectivity index (χ2v) is 26.3. The maximum absolute atomic E-state index is 10.2. The van der Waals surface area contributed by atoms with E-state index in [0.717, 1.165) is 11.4 Å². The van der Waals surface area contributed by atoms with Gasteiger partial charge in [0.05, 0.1) is 11.1 Å². The van der Waals surface area contributed by atoms with Crippen LogP contribution in [0.4, 0.5) is 11.4 Å². The molecule has 0 saturated carbocycles. The van der Waals surface area contributed by atoms with Crippen LogP contribution in [-0.2, 0) is 21.1 Å². The standard InChI is InChI=1S/2C31H24N2P2.Pt/c2*32-25-26-15-13-14-24-31(26)33(34(27-16-5-1-6-17-27)28-18-7-2-8-19-28)35(29-20-9-3-10-21-29)30-22-11-4-12-23-30;/h2*1-24H;/q;;+2/p+4. The molecule has 0 aromatic heterocycles. The molecule has 0 spiro atoms. The molecule has 0 heterocycles. The van der Waals surface area contributed by atoms with E-state index >= 15 is 0 Å². The molecule has 0 unspecified atom stereocenters. The predicted molar refractivity (Wildman–Crippen MR) is 309 cm³/mol. The molecule has 9 heteroatoms. The molecule has 0 fully saturated rings. The maximum atomic E-state index is 10.2. The van der Waals surface area contributed by atoms with E-state index in [1.54, 1.807) is 0 Å². The van der Waals surface area contributed by atoms with Crippen LogP contribution in [-0.4, -0.2) is 0 Å². The fraction of sp³-hybridized carbons (Fsp3) is 0. The second-order valence-electron chi connectivity index (χ2n) is 16.3. The van der Waals surface area contributed by atoms with Crippen molar-refractivity contribution in [1.82, 2.24) is 0 Å². The van der Waals surface area contributed by atoms with Crippen molar-refractivity contribution in [1.29, 1.82) is 10.5 Å². The Balaban J connectivity index is 0.000000188. The van der Waals surface area contributed by atoms with Crippen molar-refractivity contribution >= 4 is 86.1 Å². The van der Waals surface area contributed by atoms with E-state index in [2.05, 4.69) is 276 Å². The zero-order chi connectivity index (χ0) is 47.7. The van der Waals surface area contributed by atoms with E-state index in [0.29, 0.717) is 11.1 Å². The first kappa shape index (κ1) is 50.6. The third kappa shape index (κ3) is 12.2. The molecule has 10 rings (SSSR count). The Kier molecular flexibility index (Phi) is 18.4. The van der Waals surface area contributed by atoms with Gasteiger partial charge in [0.2, 0.25) is 0 Å². The number of benzene rings is 10. The summed E-state index contributed by atoms with van der Waals surface area (Å²) in [5.41, 5.74) is 3.41. The fourth-order valence-electron chi connectivity index (χ4n) is 8.70. The first-order valence-corrected chi connectivity index (χ1v) is 29.0. The first-order chi connectivity index (χ1) is 34.7. The summed E-state index contributed by atoms with van der Waals surface area (Å²) in [6.45, 7) is 0. The predicted octanol–water partition coefficient (Wildman–Crippen LogP) is 11.8. The van der Waals surface area contributed by atoms with Gasteiger partial charge in [-0.05, 0) is 121 Å². The minimum atomic E-state index is -1.49. The van der Waals surface area contributed by atoms with Crippen LogP contribution < -0.4 is 51.3 Å². The Morgan fingerprint density at radius 1 is 0.225 bits per heavy atom. The number of para-hydroxylation sites is 2. The number of rotatable bonds is 14. The SMILES string of the molecule is N#Cc1ccccc1N([PH+](c1ccccc1)c1ccccc1)[PH+](c1ccccc1)c1ccccc1.N#Cc1ccccc1N([PH+](c1ccccc1)c1ccccc1)[PH+](c1ccccc1)c1ccccc1.[Pt+2]. The van der Waals surface area contributed by atoms with Gasteiger partial charge in [-0.3, -0.25) is 0 Å². The fourth-order valence-corrected chi connectivity index (χ4v) is 22.8. The summed E-state index contributed by atoms with van der Waals surface area (Å²) in [5.74, 6) is 0. The first-order valence-electron chi connectivity index (χ1n) is 23.2. The molecule has 0 atom stereocenters. The molecule has 4 nitrogen and oxygen atoms in total. The molecule has 0 aliphatic heterocycles. The van der Waals surface area contributed by atoms with Crippen molar-refractivity contribution < 1.29 is 21.1 Å². The van der Waals surface area contributed by atoms with Gasteiger partial charge in [-0.2, -0.15) is 10.5 Å². The van der Waals surface area contributed by atoms with Crippen LogP contribution in [0.3, 0.4) is 0 Å². The molecule has 0 radical (unpaired) electrons. The molecular formula is C62H52N4P4Pt+6. The van der Waals surface area contributed by atoms with Gasteiger partial charge in [-0.1, -0.05) is 170 Å². The van der Waals surface area contributed by atoms with Crippen molar-refractivity contribution in [2.24, 2.45) is 0 Å². The molecule has 0 aliphatic carbocycles. The normalized spacial score (nSPS) is 10.6. The molecule has 0 aliphatic rings. The van der Waals surface area contributed by atoms with Gasteiger partial charge in [0.25, 0.3) is 0 Å². The Labute approximate surface area is 438 Å². The van der Waals surface area contributed by atoms with Gasteiger partial charge < -0.3 is 0 Å². The average molecular weight is 1170 g/mol. The topological polar surface area (TPSA) is 54.1 Å². The van der Waals surface area contributed by atoms with Crippen molar-refractivity contribution in [3.63, 3.8) is 0 Å². The van der Waals surface area contributed by atoms with E-state index in [-0.39, 0.29) is 21.1 Å². The third-order valence-corrected chi connectivity index (χ3v) is 24.3. The molecule has 0 amide bonds. The number of anilines is 2. The van der Waals surface area contributed by atoms with Crippen LogP contribution in [0.2, 0.25) is 0 Å². The molecule has 10 aromatic carbocycles. The Morgan fingerprint density at radius 3 is 0.549 bits per heavy atom. The van der Waals surface area contributed by atoms with Crippen LogP contribution in [0.25, 0.3) is 0 Å². The molecule has 10 aromatic rings. The summed E-state index contributed by atoms with van der Waals surface area (Å²) >= 11 is 0. The third-order valence-electron chi connectivity index (χ3n) is 11.8. The average Bonchev–Trinajstić information content (AvgIpc) is 3.45. The summed E-state index contributed by atoms with van der Waals surface area (Å²) in [6.07, 6.45) is 0. The number of hydrogen-bond donors (Lipinski definition) is 0. The van der Waals surface area contributed by atoms with Crippen LogP contribution in [0, 0.1) is 22.7 Å². The zero-order valence-corrected chi connectivity index (χ0v) is 45.1. The van der Waals surface area contributed by atoms with Gasteiger partial charge in [-0.25, -0.2) is 0 Å². The van der Waals surface area contributed by atoms with Gasteiger partial charge in [0.1, 0.15) is 65.9 Å². The largest absolute Gasteiger partial charge is 2.00 e. The Bertz CT molecular complexity index is 2710. The van der Waals surface area contributed by atoms with Crippen LogP contribution in [0.5, 0.6) is 0 Å². The minimum absolute atomic E-state index is 0. The van der Waals surface area contributed by atoms with Gasteiger partial charge in [0, 0.05) is 0 Å². The number of nitrogens with zero attached hydrogens (tertiary/aromatic N) is 4. The smallest absolute Gasteiger partial charge is 0.192 e. The van der Waals surface area contributed by atoms with Crippen molar-refractivity contribution in [2.75, 3.05) is 8.88 Å². The second kappa shape index (κ2) is 25.9. The zero-order valence-electron chi connectivity index (χ0n) is 38.8. The maximum Gasteiger partial charge on any atom is 2.00 e. The molecular weight excluding hydrogens is 1120 g/mol. The van der Waals surface area contributed by atoms with Gasteiger partial charge in [-0.15, -0.1) is 8.88 Å². The van der Waals surface area contributed by atoms with Crippen molar-refractivity contribution in [2.45, 2.75) is 0 Å². The Morgan fingerprint density at radius 2 is 0.380 bits per heavy atom. The Hall–Kier alpha value is -6.81. The monoisotopic (exact) mass is 1170 g/mol. The minimum Gasteiger partial charge on any atom is -0.192 e.